The first kappa shape index (κ1) is 16.4. The van der Waals surface area contributed by atoms with Crippen LogP contribution < -0.4 is 0 Å². The summed E-state index contributed by atoms with van der Waals surface area (Å²) in [6, 6.07) is 1.70. The van der Waals surface area contributed by atoms with Crippen LogP contribution in [0.15, 0.2) is 22.9 Å². The van der Waals surface area contributed by atoms with Crippen molar-refractivity contribution in [2.45, 2.75) is 45.7 Å². The zero-order valence-electron chi connectivity index (χ0n) is 14.9. The fourth-order valence-electron chi connectivity index (χ4n) is 3.51. The van der Waals surface area contributed by atoms with E-state index < -0.39 is 0 Å². The zero-order chi connectivity index (χ0) is 17.4. The van der Waals surface area contributed by atoms with Crippen LogP contribution in [0.25, 0.3) is 0 Å². The summed E-state index contributed by atoms with van der Waals surface area (Å²) in [6.45, 7) is 6.96. The minimum Gasteiger partial charge on any atom is -0.469 e. The molecule has 1 fully saturated rings. The van der Waals surface area contributed by atoms with Crippen LogP contribution in [0.1, 0.15) is 53.4 Å². The average Bonchev–Trinajstić information content (AvgIpc) is 3.18. The highest BCUT2D eigenvalue weighted by Crippen LogP contribution is 2.29. The van der Waals surface area contributed by atoms with Crippen molar-refractivity contribution in [1.29, 1.82) is 0 Å². The second-order valence-corrected chi connectivity index (χ2v) is 7.09. The Balaban J connectivity index is 1.43. The normalized spacial score (nSPS) is 19.9. The van der Waals surface area contributed by atoms with E-state index in [1.807, 2.05) is 24.9 Å². The molecular weight excluding hydrogens is 318 g/mol. The number of hydrogen-bond acceptors (Lipinski definition) is 4. The minimum absolute atomic E-state index is 0.0160. The number of aromatic nitrogens is 2. The number of hydrogen-bond donors (Lipinski definition) is 0. The summed E-state index contributed by atoms with van der Waals surface area (Å²) >= 11 is 0. The predicted molar refractivity (Wildman–Crippen MR) is 92.4 cm³/mol. The molecule has 1 aliphatic heterocycles. The third-order valence-corrected chi connectivity index (χ3v) is 5.28. The Morgan fingerprint density at radius 3 is 2.96 bits per heavy atom. The number of nitrogens with zero attached hydrogens (tertiary/aromatic N) is 3. The molecule has 134 valence electrons. The lowest BCUT2D eigenvalue weighted by Crippen LogP contribution is -2.41. The second-order valence-electron chi connectivity index (χ2n) is 7.09. The number of imidazole rings is 1. The predicted octanol–water partition coefficient (Wildman–Crippen LogP) is 2.97. The van der Waals surface area contributed by atoms with Crippen LogP contribution in [0.3, 0.4) is 0 Å². The van der Waals surface area contributed by atoms with Crippen molar-refractivity contribution in [3.8, 4) is 0 Å². The molecule has 0 unspecified atom stereocenters. The number of fused-ring (bicyclic) bond motifs is 1. The van der Waals surface area contributed by atoms with Crippen LogP contribution >= 0.6 is 0 Å². The molecule has 4 rings (SSSR count). The van der Waals surface area contributed by atoms with Gasteiger partial charge in [-0.3, -0.25) is 4.79 Å². The largest absolute Gasteiger partial charge is 0.469 e. The van der Waals surface area contributed by atoms with Gasteiger partial charge >= 0.3 is 0 Å². The lowest BCUT2D eigenvalue weighted by atomic mass is 10.1. The fraction of sp³-hybridized carbons (Fsp3) is 0.579. The molecule has 1 amide bonds. The van der Waals surface area contributed by atoms with Crippen LogP contribution in [-0.4, -0.2) is 40.1 Å². The molecule has 2 aromatic rings. The molecule has 1 atom stereocenters. The Morgan fingerprint density at radius 2 is 2.24 bits per heavy atom. The van der Waals surface area contributed by atoms with E-state index in [0.29, 0.717) is 17.9 Å². The molecule has 0 radical (unpaired) electrons. The smallest absolute Gasteiger partial charge is 0.258 e. The molecule has 2 aromatic heterocycles. The summed E-state index contributed by atoms with van der Waals surface area (Å²) in [7, 11) is 0. The molecule has 6 heteroatoms. The minimum atomic E-state index is -0.0447. The van der Waals surface area contributed by atoms with Gasteiger partial charge in [-0.2, -0.15) is 0 Å². The summed E-state index contributed by atoms with van der Waals surface area (Å²) in [4.78, 5) is 19.3. The highest BCUT2D eigenvalue weighted by Gasteiger charge is 2.32. The second kappa shape index (κ2) is 6.67. The number of rotatable bonds is 6. The number of furan rings is 1. The van der Waals surface area contributed by atoms with Gasteiger partial charge in [-0.25, -0.2) is 4.98 Å². The van der Waals surface area contributed by atoms with Crippen molar-refractivity contribution in [1.82, 2.24) is 14.5 Å². The Morgan fingerprint density at radius 1 is 1.40 bits per heavy atom. The molecule has 0 N–H and O–H groups in total. The maximum absolute atomic E-state index is 12.8. The van der Waals surface area contributed by atoms with E-state index in [2.05, 4.69) is 9.55 Å². The number of aryl methyl sites for hydroxylation is 1. The standard InChI is InChI=1S/C19H25N3O3/c1-13-18-20-11-16(5-9-24-12-15-3-4-15)22(18)8-7-21(13)19(23)17-6-10-25-14(17)2/h6,10-11,13,15H,3-5,7-9,12H2,1-2H3/t13-/m0/s1. The maximum Gasteiger partial charge on any atom is 0.258 e. The van der Waals surface area contributed by atoms with Crippen molar-refractivity contribution in [2.24, 2.45) is 5.92 Å². The van der Waals surface area contributed by atoms with Crippen LogP contribution in [0, 0.1) is 12.8 Å². The highest BCUT2D eigenvalue weighted by molar-refractivity contribution is 5.95. The third kappa shape index (κ3) is 3.23. The van der Waals surface area contributed by atoms with Gasteiger partial charge in [0.2, 0.25) is 0 Å². The summed E-state index contributed by atoms with van der Waals surface area (Å²) in [5.41, 5.74) is 1.84. The van der Waals surface area contributed by atoms with E-state index in [4.69, 9.17) is 9.15 Å². The fourth-order valence-corrected chi connectivity index (χ4v) is 3.51. The summed E-state index contributed by atoms with van der Waals surface area (Å²) in [5.74, 6) is 2.44. The molecule has 25 heavy (non-hydrogen) atoms. The number of amides is 1. The molecule has 0 aromatic carbocycles. The number of carbonyl (C=O) groups excluding carboxylic acids is 1. The topological polar surface area (TPSA) is 60.5 Å². The van der Waals surface area contributed by atoms with E-state index in [0.717, 1.165) is 37.9 Å². The molecular formula is C19H25N3O3. The van der Waals surface area contributed by atoms with Crippen molar-refractivity contribution >= 4 is 5.91 Å². The van der Waals surface area contributed by atoms with Crippen molar-refractivity contribution < 1.29 is 13.9 Å². The van der Waals surface area contributed by atoms with E-state index in [9.17, 15) is 4.79 Å². The molecule has 6 nitrogen and oxygen atoms in total. The van der Waals surface area contributed by atoms with Gasteiger partial charge in [-0.1, -0.05) is 0 Å². The van der Waals surface area contributed by atoms with Crippen LogP contribution in [-0.2, 0) is 17.7 Å². The Bertz CT molecular complexity index is 760. The Kier molecular flexibility index (Phi) is 4.37. The third-order valence-electron chi connectivity index (χ3n) is 5.28. The Labute approximate surface area is 147 Å². The number of ether oxygens (including phenoxy) is 1. The summed E-state index contributed by atoms with van der Waals surface area (Å²) in [6.07, 6.45) is 7.02. The molecule has 0 spiro atoms. The summed E-state index contributed by atoms with van der Waals surface area (Å²) < 4.78 is 13.3. The Hall–Kier alpha value is -2.08. The van der Waals surface area contributed by atoms with Gasteiger partial charge in [0.15, 0.2) is 0 Å². The van der Waals surface area contributed by atoms with Gasteiger partial charge < -0.3 is 18.6 Å². The first-order valence-electron chi connectivity index (χ1n) is 9.12. The van der Waals surface area contributed by atoms with Crippen LogP contribution in [0.5, 0.6) is 0 Å². The zero-order valence-corrected chi connectivity index (χ0v) is 14.9. The molecule has 1 saturated carbocycles. The van der Waals surface area contributed by atoms with Gasteiger partial charge in [0.25, 0.3) is 5.91 Å². The maximum atomic E-state index is 12.8. The van der Waals surface area contributed by atoms with Gasteiger partial charge in [-0.05, 0) is 38.7 Å². The van der Waals surface area contributed by atoms with Crippen LogP contribution in [0.2, 0.25) is 0 Å². The average molecular weight is 343 g/mol. The molecule has 3 heterocycles. The summed E-state index contributed by atoms with van der Waals surface area (Å²) in [5, 5.41) is 0. The molecule has 2 aliphatic rings. The van der Waals surface area contributed by atoms with Gasteiger partial charge in [0, 0.05) is 38.0 Å². The first-order chi connectivity index (χ1) is 12.1. The molecule has 1 aliphatic carbocycles. The lowest BCUT2D eigenvalue weighted by molar-refractivity contribution is 0.0633. The van der Waals surface area contributed by atoms with Crippen molar-refractivity contribution in [3.63, 3.8) is 0 Å². The van der Waals surface area contributed by atoms with E-state index in [1.165, 1.54) is 18.5 Å². The van der Waals surface area contributed by atoms with Gasteiger partial charge in [0.1, 0.15) is 11.6 Å². The van der Waals surface area contributed by atoms with Gasteiger partial charge in [0.05, 0.1) is 24.5 Å². The number of carbonyl (C=O) groups is 1. The SMILES string of the molecule is Cc1occc1C(=O)N1CCn2c(CCOCC3CC3)cnc2[C@@H]1C. The first-order valence-corrected chi connectivity index (χ1v) is 9.12. The van der Waals surface area contributed by atoms with Crippen molar-refractivity contribution in [3.05, 3.63) is 41.4 Å². The quantitative estimate of drug-likeness (QED) is 0.757. The van der Waals surface area contributed by atoms with E-state index in [-0.39, 0.29) is 11.9 Å². The van der Waals surface area contributed by atoms with Gasteiger partial charge in [-0.15, -0.1) is 0 Å². The molecule has 0 bridgehead atoms. The lowest BCUT2D eigenvalue weighted by Gasteiger charge is -2.34. The highest BCUT2D eigenvalue weighted by atomic mass is 16.5. The molecule has 0 saturated heterocycles. The van der Waals surface area contributed by atoms with Crippen LogP contribution in [0.4, 0.5) is 0 Å². The van der Waals surface area contributed by atoms with E-state index in [1.54, 1.807) is 12.3 Å². The van der Waals surface area contributed by atoms with E-state index >= 15 is 0 Å². The monoisotopic (exact) mass is 343 g/mol. The van der Waals surface area contributed by atoms with Crippen molar-refractivity contribution in [2.75, 3.05) is 19.8 Å².